The lowest BCUT2D eigenvalue weighted by Crippen LogP contribution is -2.32. The van der Waals surface area contributed by atoms with Crippen LogP contribution in [0, 0.1) is 0 Å². The van der Waals surface area contributed by atoms with Gasteiger partial charge in [0, 0.05) is 0 Å². The van der Waals surface area contributed by atoms with Crippen LogP contribution in [0.1, 0.15) is 37.3 Å². The second-order valence-electron chi connectivity index (χ2n) is 6.38. The van der Waals surface area contributed by atoms with Gasteiger partial charge in [0.25, 0.3) is 5.91 Å². The summed E-state index contributed by atoms with van der Waals surface area (Å²) in [6.45, 7) is 1.90. The van der Waals surface area contributed by atoms with Crippen molar-refractivity contribution in [2.75, 3.05) is 18.2 Å². The maximum atomic E-state index is 12.6. The zero-order valence-corrected chi connectivity index (χ0v) is 17.5. The maximum absolute atomic E-state index is 12.6. The van der Waals surface area contributed by atoms with Crippen LogP contribution in [0.2, 0.25) is 0 Å². The summed E-state index contributed by atoms with van der Waals surface area (Å²) in [7, 11) is 1.34. The van der Waals surface area contributed by atoms with Gasteiger partial charge in [0.1, 0.15) is 5.75 Å². The fourth-order valence-electron chi connectivity index (χ4n) is 2.95. The number of fused-ring (bicyclic) bond motifs is 1. The number of thioether (sulfide) groups is 1. The number of amides is 1. The van der Waals surface area contributed by atoms with Crippen LogP contribution in [0.5, 0.6) is 5.75 Å². The van der Waals surface area contributed by atoms with Crippen LogP contribution in [0.3, 0.4) is 0 Å². The average Bonchev–Trinajstić information content (AvgIpc) is 3.17. The monoisotopic (exact) mass is 421 g/mol. The first-order valence-electron chi connectivity index (χ1n) is 9.21. The van der Waals surface area contributed by atoms with Crippen LogP contribution in [0.15, 0.2) is 22.5 Å². The fraction of sp³-hybridized carbons (Fsp3) is 0.474. The van der Waals surface area contributed by atoms with Crippen molar-refractivity contribution in [2.45, 2.75) is 49.5 Å². The molecule has 0 fully saturated rings. The largest absolute Gasteiger partial charge is 0.481 e. The normalized spacial score (nSPS) is 14.1. The molecule has 28 heavy (non-hydrogen) atoms. The van der Waals surface area contributed by atoms with Crippen molar-refractivity contribution in [3.63, 3.8) is 0 Å². The highest BCUT2D eigenvalue weighted by Crippen LogP contribution is 2.27. The Balaban J connectivity index is 1.58. The molecule has 1 N–H and O–H groups in total. The minimum absolute atomic E-state index is 0.151. The molecule has 9 heteroatoms. The average molecular weight is 422 g/mol. The van der Waals surface area contributed by atoms with E-state index in [0.717, 1.165) is 12.8 Å². The number of aryl methyl sites for hydroxylation is 2. The Hall–Kier alpha value is -2.13. The van der Waals surface area contributed by atoms with Gasteiger partial charge >= 0.3 is 5.97 Å². The van der Waals surface area contributed by atoms with Crippen LogP contribution < -0.4 is 10.1 Å². The number of carbonyl (C=O) groups is 2. The number of hydrogen-bond donors (Lipinski definition) is 1. The molecule has 1 aliphatic carbocycles. The molecule has 1 aliphatic rings. The standard InChI is InChI=1S/C19H23N3O4S2/c1-3-15(26-14-9-8-12-6-4-5-7-13(12)10-14)17(24)20-18-21-22-19(28-18)27-11-16(23)25-2/h8-10,15H,3-7,11H2,1-2H3,(H,20,21,24)/t15-/m1/s1. The lowest BCUT2D eigenvalue weighted by molar-refractivity contribution is -0.137. The summed E-state index contributed by atoms with van der Waals surface area (Å²) < 4.78 is 11.1. The van der Waals surface area contributed by atoms with E-state index in [1.807, 2.05) is 13.0 Å². The van der Waals surface area contributed by atoms with E-state index < -0.39 is 6.10 Å². The van der Waals surface area contributed by atoms with Gasteiger partial charge in [-0.15, -0.1) is 10.2 Å². The number of aromatic nitrogens is 2. The van der Waals surface area contributed by atoms with Gasteiger partial charge in [-0.1, -0.05) is 36.1 Å². The number of rotatable bonds is 8. The van der Waals surface area contributed by atoms with E-state index in [1.54, 1.807) is 0 Å². The van der Waals surface area contributed by atoms with Gasteiger partial charge in [-0.25, -0.2) is 0 Å². The Bertz CT molecular complexity index is 840. The molecule has 2 aromatic rings. The topological polar surface area (TPSA) is 90.4 Å². The lowest BCUT2D eigenvalue weighted by Gasteiger charge is -2.20. The van der Waals surface area contributed by atoms with Crippen molar-refractivity contribution in [3.05, 3.63) is 29.3 Å². The van der Waals surface area contributed by atoms with Crippen molar-refractivity contribution in [1.82, 2.24) is 10.2 Å². The number of ether oxygens (including phenoxy) is 2. The summed E-state index contributed by atoms with van der Waals surface area (Å²) in [6.07, 6.45) is 4.52. The van der Waals surface area contributed by atoms with Gasteiger partial charge in [-0.05, 0) is 55.4 Å². The third-order valence-corrected chi connectivity index (χ3v) is 6.38. The molecule has 0 radical (unpaired) electrons. The predicted octanol–water partition coefficient (Wildman–Crippen LogP) is 3.48. The minimum Gasteiger partial charge on any atom is -0.481 e. The van der Waals surface area contributed by atoms with Crippen LogP contribution in [-0.2, 0) is 27.2 Å². The van der Waals surface area contributed by atoms with Gasteiger partial charge in [0.15, 0.2) is 10.4 Å². The molecule has 0 saturated heterocycles. The summed E-state index contributed by atoms with van der Waals surface area (Å²) in [6, 6.07) is 6.09. The molecule has 150 valence electrons. The fourth-order valence-corrected chi connectivity index (χ4v) is 4.54. The molecule has 0 bridgehead atoms. The van der Waals surface area contributed by atoms with Crippen LogP contribution in [0.25, 0.3) is 0 Å². The number of anilines is 1. The minimum atomic E-state index is -0.614. The lowest BCUT2D eigenvalue weighted by atomic mass is 9.92. The van der Waals surface area contributed by atoms with Crippen LogP contribution in [0.4, 0.5) is 5.13 Å². The highest BCUT2D eigenvalue weighted by Gasteiger charge is 2.21. The highest BCUT2D eigenvalue weighted by molar-refractivity contribution is 8.01. The first kappa shape index (κ1) is 20.6. The van der Waals surface area contributed by atoms with Crippen molar-refractivity contribution in [3.8, 4) is 5.75 Å². The zero-order chi connectivity index (χ0) is 19.9. The number of nitrogens with one attached hydrogen (secondary N) is 1. The first-order valence-corrected chi connectivity index (χ1v) is 11.0. The Morgan fingerprint density at radius 2 is 2.04 bits per heavy atom. The van der Waals surface area contributed by atoms with Gasteiger partial charge in [0.2, 0.25) is 5.13 Å². The van der Waals surface area contributed by atoms with Crippen molar-refractivity contribution >= 4 is 40.1 Å². The number of methoxy groups -OCH3 is 1. The molecule has 1 aromatic carbocycles. The quantitative estimate of drug-likeness (QED) is 0.396. The van der Waals surface area contributed by atoms with E-state index in [9.17, 15) is 9.59 Å². The van der Waals surface area contributed by atoms with Crippen LogP contribution in [-0.4, -0.2) is 41.0 Å². The van der Waals surface area contributed by atoms with Gasteiger partial charge in [0.05, 0.1) is 12.9 Å². The highest BCUT2D eigenvalue weighted by atomic mass is 32.2. The predicted molar refractivity (Wildman–Crippen MR) is 109 cm³/mol. The first-order chi connectivity index (χ1) is 13.6. The molecule has 1 aromatic heterocycles. The number of nitrogens with zero attached hydrogens (tertiary/aromatic N) is 2. The molecule has 1 amide bonds. The third-order valence-electron chi connectivity index (χ3n) is 4.44. The summed E-state index contributed by atoms with van der Waals surface area (Å²) in [5.41, 5.74) is 2.69. The Morgan fingerprint density at radius 3 is 2.79 bits per heavy atom. The summed E-state index contributed by atoms with van der Waals surface area (Å²) >= 11 is 2.43. The summed E-state index contributed by atoms with van der Waals surface area (Å²) in [5, 5.41) is 11.0. The Labute approximate surface area is 172 Å². The zero-order valence-electron chi connectivity index (χ0n) is 15.9. The van der Waals surface area contributed by atoms with Crippen molar-refractivity contribution in [2.24, 2.45) is 0 Å². The summed E-state index contributed by atoms with van der Waals surface area (Å²) in [5.74, 6) is 0.267. The Kier molecular flexibility index (Phi) is 7.27. The molecule has 0 unspecified atom stereocenters. The second-order valence-corrected chi connectivity index (χ2v) is 8.58. The van der Waals surface area contributed by atoms with Gasteiger partial charge < -0.3 is 9.47 Å². The number of carbonyl (C=O) groups excluding carboxylic acids is 2. The third kappa shape index (κ3) is 5.45. The molecular formula is C19H23N3O4S2. The molecule has 1 atom stereocenters. The molecule has 7 nitrogen and oxygen atoms in total. The Morgan fingerprint density at radius 1 is 1.25 bits per heavy atom. The van der Waals surface area contributed by atoms with Crippen molar-refractivity contribution < 1.29 is 19.1 Å². The molecular weight excluding hydrogens is 398 g/mol. The molecule has 1 heterocycles. The smallest absolute Gasteiger partial charge is 0.316 e. The van der Waals surface area contributed by atoms with Gasteiger partial charge in [-0.2, -0.15) is 0 Å². The van der Waals surface area contributed by atoms with E-state index in [4.69, 9.17) is 4.74 Å². The number of hydrogen-bond acceptors (Lipinski definition) is 8. The second kappa shape index (κ2) is 9.88. The number of benzene rings is 1. The van der Waals surface area contributed by atoms with Crippen LogP contribution >= 0.6 is 23.1 Å². The van der Waals surface area contributed by atoms with E-state index in [0.29, 0.717) is 21.6 Å². The van der Waals surface area contributed by atoms with E-state index in [-0.39, 0.29) is 17.6 Å². The van der Waals surface area contributed by atoms with E-state index in [1.165, 1.54) is 54.2 Å². The SMILES string of the molecule is CC[C@@H](Oc1ccc2c(c1)CCCC2)C(=O)Nc1nnc(SCC(=O)OC)s1. The van der Waals surface area contributed by atoms with E-state index >= 15 is 0 Å². The van der Waals surface area contributed by atoms with Crippen molar-refractivity contribution in [1.29, 1.82) is 0 Å². The summed E-state index contributed by atoms with van der Waals surface area (Å²) in [4.78, 5) is 23.8. The molecule has 0 saturated carbocycles. The number of esters is 1. The van der Waals surface area contributed by atoms with E-state index in [2.05, 4.69) is 32.4 Å². The molecule has 0 aliphatic heterocycles. The van der Waals surface area contributed by atoms with Gasteiger partial charge in [-0.3, -0.25) is 14.9 Å². The molecule has 3 rings (SSSR count). The molecule has 0 spiro atoms. The maximum Gasteiger partial charge on any atom is 0.316 e.